The SMILES string of the molecule is C[C@H]1Cc2ccccc2N1C(=O)c1csc(CCN)n1. The van der Waals surface area contributed by atoms with Gasteiger partial charge in [-0.05, 0) is 31.5 Å². The molecule has 1 aromatic carbocycles. The summed E-state index contributed by atoms with van der Waals surface area (Å²) >= 11 is 1.51. The summed E-state index contributed by atoms with van der Waals surface area (Å²) in [6.45, 7) is 2.63. The molecule has 2 aromatic rings. The molecule has 20 heavy (non-hydrogen) atoms. The van der Waals surface area contributed by atoms with E-state index < -0.39 is 0 Å². The second-order valence-electron chi connectivity index (χ2n) is 5.02. The lowest BCUT2D eigenvalue weighted by molar-refractivity contribution is 0.0977. The van der Waals surface area contributed by atoms with E-state index in [4.69, 9.17) is 5.73 Å². The minimum atomic E-state index is -0.0121. The number of aromatic nitrogens is 1. The molecule has 1 aliphatic rings. The number of rotatable bonds is 3. The maximum Gasteiger partial charge on any atom is 0.278 e. The van der Waals surface area contributed by atoms with Crippen molar-refractivity contribution in [3.8, 4) is 0 Å². The first-order valence-electron chi connectivity index (χ1n) is 6.76. The quantitative estimate of drug-likeness (QED) is 0.942. The molecule has 0 bridgehead atoms. The van der Waals surface area contributed by atoms with E-state index in [1.54, 1.807) is 0 Å². The number of benzene rings is 1. The van der Waals surface area contributed by atoms with Crippen molar-refractivity contribution in [1.82, 2.24) is 4.98 Å². The number of para-hydroxylation sites is 1. The topological polar surface area (TPSA) is 59.2 Å². The summed E-state index contributed by atoms with van der Waals surface area (Å²) in [6, 6.07) is 8.25. The highest BCUT2D eigenvalue weighted by Gasteiger charge is 2.32. The van der Waals surface area contributed by atoms with Crippen molar-refractivity contribution in [3.63, 3.8) is 0 Å². The van der Waals surface area contributed by atoms with Gasteiger partial charge in [-0.25, -0.2) is 4.98 Å². The van der Waals surface area contributed by atoms with Gasteiger partial charge in [0.25, 0.3) is 5.91 Å². The third kappa shape index (κ3) is 2.23. The average Bonchev–Trinajstić information content (AvgIpc) is 3.02. The molecule has 0 saturated carbocycles. The maximum atomic E-state index is 12.7. The Morgan fingerprint density at radius 1 is 1.50 bits per heavy atom. The van der Waals surface area contributed by atoms with Crippen LogP contribution in [0.2, 0.25) is 0 Å². The molecule has 1 atom stereocenters. The second-order valence-corrected chi connectivity index (χ2v) is 5.96. The Hall–Kier alpha value is -1.72. The van der Waals surface area contributed by atoms with E-state index in [-0.39, 0.29) is 11.9 Å². The van der Waals surface area contributed by atoms with E-state index >= 15 is 0 Å². The van der Waals surface area contributed by atoms with Crippen molar-refractivity contribution in [3.05, 3.63) is 45.9 Å². The van der Waals surface area contributed by atoms with Crippen LogP contribution >= 0.6 is 11.3 Å². The molecular weight excluding hydrogens is 270 g/mol. The lowest BCUT2D eigenvalue weighted by Crippen LogP contribution is -2.35. The van der Waals surface area contributed by atoms with E-state index in [9.17, 15) is 4.79 Å². The molecule has 2 N–H and O–H groups in total. The molecule has 5 heteroatoms. The molecule has 0 unspecified atom stereocenters. The van der Waals surface area contributed by atoms with Gasteiger partial charge in [-0.1, -0.05) is 18.2 Å². The molecule has 0 radical (unpaired) electrons. The van der Waals surface area contributed by atoms with Crippen LogP contribution in [0.3, 0.4) is 0 Å². The molecule has 1 aromatic heterocycles. The number of nitrogens with zero attached hydrogens (tertiary/aromatic N) is 2. The van der Waals surface area contributed by atoms with Crippen LogP contribution in [0.4, 0.5) is 5.69 Å². The summed E-state index contributed by atoms with van der Waals surface area (Å²) in [5, 5.41) is 2.76. The summed E-state index contributed by atoms with van der Waals surface area (Å²) in [5.74, 6) is -0.0121. The fraction of sp³-hybridized carbons (Fsp3) is 0.333. The molecule has 2 heterocycles. The number of fused-ring (bicyclic) bond motifs is 1. The molecule has 1 amide bonds. The number of carbonyl (C=O) groups excluding carboxylic acids is 1. The smallest absolute Gasteiger partial charge is 0.278 e. The lowest BCUT2D eigenvalue weighted by atomic mass is 10.1. The van der Waals surface area contributed by atoms with Crippen LogP contribution in [-0.2, 0) is 12.8 Å². The first kappa shape index (κ1) is 13.3. The van der Waals surface area contributed by atoms with E-state index in [1.807, 2.05) is 28.5 Å². The molecule has 0 fully saturated rings. The largest absolute Gasteiger partial charge is 0.330 e. The molecule has 1 aliphatic heterocycles. The number of hydrogen-bond acceptors (Lipinski definition) is 4. The van der Waals surface area contributed by atoms with Gasteiger partial charge in [0, 0.05) is 23.5 Å². The normalized spacial score (nSPS) is 17.3. The highest BCUT2D eigenvalue weighted by atomic mass is 32.1. The fourth-order valence-corrected chi connectivity index (χ4v) is 3.43. The molecule has 104 valence electrons. The zero-order chi connectivity index (χ0) is 14.1. The number of nitrogens with two attached hydrogens (primary N) is 1. The van der Waals surface area contributed by atoms with Crippen molar-refractivity contribution in [2.24, 2.45) is 5.73 Å². The van der Waals surface area contributed by atoms with Crippen LogP contribution in [0.5, 0.6) is 0 Å². The van der Waals surface area contributed by atoms with Gasteiger partial charge >= 0.3 is 0 Å². The van der Waals surface area contributed by atoms with E-state index in [0.717, 1.165) is 23.5 Å². The van der Waals surface area contributed by atoms with E-state index in [2.05, 4.69) is 18.0 Å². The molecule has 0 saturated heterocycles. The summed E-state index contributed by atoms with van der Waals surface area (Å²) < 4.78 is 0. The van der Waals surface area contributed by atoms with Crippen molar-refractivity contribution in [2.45, 2.75) is 25.8 Å². The van der Waals surface area contributed by atoms with Crippen LogP contribution in [0.25, 0.3) is 0 Å². The summed E-state index contributed by atoms with van der Waals surface area (Å²) in [7, 11) is 0. The van der Waals surface area contributed by atoms with Gasteiger partial charge in [-0.3, -0.25) is 4.79 Å². The Bertz CT molecular complexity index is 638. The maximum absolute atomic E-state index is 12.7. The van der Waals surface area contributed by atoms with Crippen molar-refractivity contribution < 1.29 is 4.79 Å². The minimum absolute atomic E-state index is 0.0121. The third-order valence-corrected chi connectivity index (χ3v) is 4.46. The Kier molecular flexibility index (Phi) is 3.54. The van der Waals surface area contributed by atoms with Gasteiger partial charge in [0.1, 0.15) is 5.69 Å². The predicted octanol–water partition coefficient (Wildman–Crippen LogP) is 2.24. The van der Waals surface area contributed by atoms with Crippen LogP contribution in [0.15, 0.2) is 29.6 Å². The van der Waals surface area contributed by atoms with Gasteiger partial charge in [0.2, 0.25) is 0 Å². The second kappa shape index (κ2) is 5.34. The van der Waals surface area contributed by atoms with Crippen LogP contribution in [-0.4, -0.2) is 23.5 Å². The van der Waals surface area contributed by atoms with Crippen molar-refractivity contribution in [2.75, 3.05) is 11.4 Å². The lowest BCUT2D eigenvalue weighted by Gasteiger charge is -2.21. The highest BCUT2D eigenvalue weighted by molar-refractivity contribution is 7.09. The van der Waals surface area contributed by atoms with Crippen LogP contribution in [0.1, 0.15) is 28.0 Å². The van der Waals surface area contributed by atoms with Crippen molar-refractivity contribution >= 4 is 22.9 Å². The Balaban J connectivity index is 1.90. The van der Waals surface area contributed by atoms with Gasteiger partial charge in [0.05, 0.1) is 5.01 Å². The number of hydrogen-bond donors (Lipinski definition) is 1. The van der Waals surface area contributed by atoms with Crippen molar-refractivity contribution in [1.29, 1.82) is 0 Å². The Labute approximate surface area is 122 Å². The number of thiazole rings is 1. The van der Waals surface area contributed by atoms with Gasteiger partial charge in [-0.15, -0.1) is 11.3 Å². The minimum Gasteiger partial charge on any atom is -0.330 e. The number of carbonyl (C=O) groups is 1. The number of amides is 1. The van der Waals surface area contributed by atoms with E-state index in [0.29, 0.717) is 12.2 Å². The van der Waals surface area contributed by atoms with Crippen LogP contribution in [0, 0.1) is 0 Å². The third-order valence-electron chi connectivity index (χ3n) is 3.56. The van der Waals surface area contributed by atoms with E-state index in [1.165, 1.54) is 16.9 Å². The summed E-state index contributed by atoms with van der Waals surface area (Å²) in [5.41, 5.74) is 8.29. The molecule has 0 aliphatic carbocycles. The number of anilines is 1. The Morgan fingerprint density at radius 2 is 2.30 bits per heavy atom. The van der Waals surface area contributed by atoms with Crippen LogP contribution < -0.4 is 10.6 Å². The Morgan fingerprint density at radius 3 is 3.10 bits per heavy atom. The molecule has 4 nitrogen and oxygen atoms in total. The molecular formula is C15H17N3OS. The molecule has 0 spiro atoms. The summed E-state index contributed by atoms with van der Waals surface area (Å²) in [4.78, 5) is 18.9. The predicted molar refractivity (Wildman–Crippen MR) is 81.3 cm³/mol. The summed E-state index contributed by atoms with van der Waals surface area (Å²) in [6.07, 6.45) is 1.63. The van der Waals surface area contributed by atoms with Gasteiger partial charge in [0.15, 0.2) is 0 Å². The fourth-order valence-electron chi connectivity index (χ4n) is 2.65. The van der Waals surface area contributed by atoms with Gasteiger partial charge in [-0.2, -0.15) is 0 Å². The first-order chi connectivity index (χ1) is 9.70. The average molecular weight is 287 g/mol. The first-order valence-corrected chi connectivity index (χ1v) is 7.64. The monoisotopic (exact) mass is 287 g/mol. The standard InChI is InChI=1S/C15H17N3OS/c1-10-8-11-4-2-3-5-13(11)18(10)15(19)12-9-20-14(17-12)6-7-16/h2-5,9-10H,6-8,16H2,1H3/t10-/m0/s1. The molecule has 3 rings (SSSR count). The zero-order valence-corrected chi connectivity index (χ0v) is 12.2. The zero-order valence-electron chi connectivity index (χ0n) is 11.4. The van der Waals surface area contributed by atoms with Gasteiger partial charge < -0.3 is 10.6 Å². The highest BCUT2D eigenvalue weighted by Crippen LogP contribution is 2.33.